The molecule has 6 nitrogen and oxygen atoms in total. The molecule has 7 heteroatoms. The molecule has 0 heterocycles. The average Bonchev–Trinajstić information content (AvgIpc) is 2.66. The van der Waals surface area contributed by atoms with Gasteiger partial charge in [-0.05, 0) is 51.2 Å². The maximum absolute atomic E-state index is 12.7. The molecule has 3 atom stereocenters. The van der Waals surface area contributed by atoms with E-state index < -0.39 is 10.0 Å². The van der Waals surface area contributed by atoms with Gasteiger partial charge in [0.2, 0.25) is 0 Å². The van der Waals surface area contributed by atoms with E-state index in [4.69, 9.17) is 4.74 Å². The minimum Gasteiger partial charge on any atom is -0.469 e. The Morgan fingerprint density at radius 1 is 1.25 bits per heavy atom. The highest BCUT2D eigenvalue weighted by atomic mass is 32.2. The summed E-state index contributed by atoms with van der Waals surface area (Å²) < 4.78 is 30.3. The van der Waals surface area contributed by atoms with Crippen molar-refractivity contribution in [3.05, 3.63) is 41.5 Å². The van der Waals surface area contributed by atoms with Crippen LogP contribution in [0.4, 0.5) is 0 Å². The van der Waals surface area contributed by atoms with Crippen LogP contribution < -0.4 is 4.83 Å². The molecule has 0 aliphatic heterocycles. The van der Waals surface area contributed by atoms with Gasteiger partial charge in [-0.3, -0.25) is 4.79 Å². The van der Waals surface area contributed by atoms with Crippen molar-refractivity contribution in [1.29, 1.82) is 0 Å². The van der Waals surface area contributed by atoms with Gasteiger partial charge in [-0.25, -0.2) is 4.83 Å². The Bertz CT molecular complexity index is 918. The molecular formula is C21H28N2O4S. The number of fused-ring (bicyclic) bond motifs is 1. The Morgan fingerprint density at radius 3 is 2.57 bits per heavy atom. The van der Waals surface area contributed by atoms with Crippen molar-refractivity contribution in [3.8, 4) is 0 Å². The highest BCUT2D eigenvalue weighted by molar-refractivity contribution is 7.89. The maximum Gasteiger partial charge on any atom is 0.309 e. The van der Waals surface area contributed by atoms with E-state index in [1.165, 1.54) is 12.7 Å². The molecule has 1 saturated carbocycles. The van der Waals surface area contributed by atoms with Gasteiger partial charge in [0.05, 0.1) is 17.9 Å². The van der Waals surface area contributed by atoms with Crippen molar-refractivity contribution in [1.82, 2.24) is 4.83 Å². The van der Waals surface area contributed by atoms with Crippen LogP contribution in [-0.2, 0) is 19.6 Å². The quantitative estimate of drug-likeness (QED) is 0.472. The largest absolute Gasteiger partial charge is 0.469 e. The first-order valence-corrected chi connectivity index (χ1v) is 11.1. The molecule has 1 aromatic carbocycles. The molecular weight excluding hydrogens is 376 g/mol. The summed E-state index contributed by atoms with van der Waals surface area (Å²) in [5.41, 5.74) is 2.68. The number of hydrazone groups is 1. The Morgan fingerprint density at radius 2 is 1.93 bits per heavy atom. The summed E-state index contributed by atoms with van der Waals surface area (Å²) in [4.78, 5) is 14.8. The zero-order valence-electron chi connectivity index (χ0n) is 16.9. The van der Waals surface area contributed by atoms with Crippen molar-refractivity contribution < 1.29 is 17.9 Å². The fraction of sp³-hybridized carbons (Fsp3) is 0.524. The van der Waals surface area contributed by atoms with E-state index in [1.807, 2.05) is 6.92 Å². The molecule has 1 fully saturated rings. The van der Waals surface area contributed by atoms with Gasteiger partial charge in [-0.2, -0.15) is 13.5 Å². The predicted octanol–water partition coefficient (Wildman–Crippen LogP) is 3.57. The number of sulfonamides is 1. The molecule has 152 valence electrons. The minimum atomic E-state index is -3.77. The fourth-order valence-electron chi connectivity index (χ4n) is 4.45. The SMILES string of the molecule is COC(=O)[C@H]1C/C(=N\NS(=O)(=O)c2ccc(C)cc2)[C@]2(C)CCC=C(C)[C@H]2C1. The zero-order chi connectivity index (χ0) is 20.5. The molecule has 0 saturated heterocycles. The van der Waals surface area contributed by atoms with E-state index in [2.05, 4.69) is 29.9 Å². The number of carbonyl (C=O) groups excluding carboxylic acids is 1. The summed E-state index contributed by atoms with van der Waals surface area (Å²) in [5, 5.41) is 4.35. The molecule has 2 aliphatic rings. The molecule has 0 aromatic heterocycles. The maximum atomic E-state index is 12.7. The third kappa shape index (κ3) is 3.85. The van der Waals surface area contributed by atoms with Crippen LogP contribution in [0.3, 0.4) is 0 Å². The lowest BCUT2D eigenvalue weighted by Crippen LogP contribution is -2.47. The van der Waals surface area contributed by atoms with E-state index in [0.29, 0.717) is 12.8 Å². The molecule has 0 radical (unpaired) electrons. The number of ether oxygens (including phenoxy) is 1. The van der Waals surface area contributed by atoms with Gasteiger partial charge in [-0.15, -0.1) is 0 Å². The summed E-state index contributed by atoms with van der Waals surface area (Å²) in [5.74, 6) is -0.427. The number of aryl methyl sites for hydroxylation is 1. The lowest BCUT2D eigenvalue weighted by atomic mass is 9.57. The monoisotopic (exact) mass is 404 g/mol. The fourth-order valence-corrected chi connectivity index (χ4v) is 5.28. The molecule has 2 aliphatic carbocycles. The smallest absolute Gasteiger partial charge is 0.309 e. The lowest BCUT2D eigenvalue weighted by molar-refractivity contribution is -0.146. The third-order valence-corrected chi connectivity index (χ3v) is 7.46. The van der Waals surface area contributed by atoms with Gasteiger partial charge in [0.15, 0.2) is 0 Å². The van der Waals surface area contributed by atoms with Crippen LogP contribution in [0.2, 0.25) is 0 Å². The standard InChI is InChI=1S/C21H28N2O4S/c1-14-7-9-17(10-8-14)28(25,26)23-22-19-13-16(20(24)27-4)12-18-15(2)6-5-11-21(18,19)3/h6-10,16,18,23H,5,11-13H2,1-4H3/b22-19+/t16-,18-,21-/m1/s1. The normalized spacial score (nSPS) is 29.0. The average molecular weight is 405 g/mol. The van der Waals surface area contributed by atoms with Crippen LogP contribution in [-0.4, -0.2) is 27.2 Å². The van der Waals surface area contributed by atoms with Crippen LogP contribution in [0.25, 0.3) is 0 Å². The van der Waals surface area contributed by atoms with Gasteiger partial charge in [0.1, 0.15) is 0 Å². The van der Waals surface area contributed by atoms with Crippen molar-refractivity contribution in [2.24, 2.45) is 22.4 Å². The van der Waals surface area contributed by atoms with Crippen LogP contribution in [0.5, 0.6) is 0 Å². The van der Waals surface area contributed by atoms with E-state index in [1.54, 1.807) is 24.3 Å². The van der Waals surface area contributed by atoms with Crippen molar-refractivity contribution in [3.63, 3.8) is 0 Å². The van der Waals surface area contributed by atoms with Gasteiger partial charge in [0.25, 0.3) is 10.0 Å². The van der Waals surface area contributed by atoms with E-state index in [0.717, 1.165) is 24.1 Å². The summed E-state index contributed by atoms with van der Waals surface area (Å²) in [6.45, 7) is 6.11. The number of benzene rings is 1. The lowest BCUT2D eigenvalue weighted by Gasteiger charge is -2.47. The molecule has 0 unspecified atom stereocenters. The third-order valence-electron chi connectivity index (χ3n) is 6.23. The Hall–Kier alpha value is -2.15. The van der Waals surface area contributed by atoms with Crippen molar-refractivity contribution in [2.75, 3.05) is 7.11 Å². The first-order chi connectivity index (χ1) is 13.2. The number of hydrogen-bond donors (Lipinski definition) is 1. The van der Waals surface area contributed by atoms with Gasteiger partial charge >= 0.3 is 5.97 Å². The molecule has 1 N–H and O–H groups in total. The number of esters is 1. The Kier molecular flexibility index (Phi) is 5.66. The number of methoxy groups -OCH3 is 1. The minimum absolute atomic E-state index is 0.154. The molecule has 28 heavy (non-hydrogen) atoms. The zero-order valence-corrected chi connectivity index (χ0v) is 17.7. The number of rotatable bonds is 4. The molecule has 3 rings (SSSR count). The Labute approximate surface area is 167 Å². The van der Waals surface area contributed by atoms with Crippen LogP contribution in [0.1, 0.15) is 45.1 Å². The summed E-state index contributed by atoms with van der Waals surface area (Å²) in [7, 11) is -2.38. The summed E-state index contributed by atoms with van der Waals surface area (Å²) in [6.07, 6.45) is 5.12. The second-order valence-electron chi connectivity index (χ2n) is 8.08. The number of allylic oxidation sites excluding steroid dienone is 2. The number of nitrogens with zero attached hydrogens (tertiary/aromatic N) is 1. The van der Waals surface area contributed by atoms with Crippen molar-refractivity contribution in [2.45, 2.75) is 51.3 Å². The van der Waals surface area contributed by atoms with E-state index >= 15 is 0 Å². The Balaban J connectivity index is 1.93. The van der Waals surface area contributed by atoms with Crippen LogP contribution >= 0.6 is 0 Å². The van der Waals surface area contributed by atoms with Gasteiger partial charge in [-0.1, -0.05) is 36.3 Å². The topological polar surface area (TPSA) is 84.8 Å². The van der Waals surface area contributed by atoms with E-state index in [9.17, 15) is 13.2 Å². The number of carbonyl (C=O) groups is 1. The van der Waals surface area contributed by atoms with Crippen LogP contribution in [0.15, 0.2) is 45.9 Å². The van der Waals surface area contributed by atoms with Gasteiger partial charge in [0, 0.05) is 17.5 Å². The van der Waals surface area contributed by atoms with E-state index in [-0.39, 0.29) is 28.1 Å². The molecule has 0 amide bonds. The second-order valence-corrected chi connectivity index (χ2v) is 9.74. The highest BCUT2D eigenvalue weighted by Crippen LogP contribution is 2.50. The number of nitrogens with one attached hydrogen (secondary N) is 1. The van der Waals surface area contributed by atoms with Crippen LogP contribution in [0, 0.1) is 24.2 Å². The molecule has 1 aromatic rings. The van der Waals surface area contributed by atoms with Gasteiger partial charge < -0.3 is 4.74 Å². The summed E-state index contributed by atoms with van der Waals surface area (Å²) >= 11 is 0. The first kappa shape index (κ1) is 20.6. The number of hydrogen-bond acceptors (Lipinski definition) is 5. The van der Waals surface area contributed by atoms with Crippen molar-refractivity contribution >= 4 is 21.7 Å². The first-order valence-electron chi connectivity index (χ1n) is 9.57. The predicted molar refractivity (Wildman–Crippen MR) is 108 cm³/mol. The molecule has 0 spiro atoms. The second kappa shape index (κ2) is 7.70. The highest BCUT2D eigenvalue weighted by Gasteiger charge is 2.48. The molecule has 0 bridgehead atoms. The summed E-state index contributed by atoms with van der Waals surface area (Å²) in [6, 6.07) is 6.63.